The van der Waals surface area contributed by atoms with Crippen molar-refractivity contribution in [2.75, 3.05) is 11.9 Å². The fourth-order valence-electron chi connectivity index (χ4n) is 0.995. The Morgan fingerprint density at radius 3 is 3.06 bits per heavy atom. The highest BCUT2D eigenvalue weighted by molar-refractivity contribution is 5.87. The molecule has 0 spiro atoms. The van der Waals surface area contributed by atoms with Crippen molar-refractivity contribution >= 4 is 11.9 Å². The molecule has 0 unspecified atom stereocenters. The maximum Gasteiger partial charge on any atom is 0.357 e. The number of aromatic nitrogens is 2. The molecule has 0 aliphatic heterocycles. The summed E-state index contributed by atoms with van der Waals surface area (Å²) in [6.45, 7) is 7.68. The first-order valence-corrected chi connectivity index (χ1v) is 5.02. The Bertz CT molecular complexity index is 377. The normalized spacial score (nSPS) is 9.94. The van der Waals surface area contributed by atoms with Crippen LogP contribution in [0.2, 0.25) is 0 Å². The Balaban J connectivity index is 2.73. The van der Waals surface area contributed by atoms with E-state index in [1.165, 1.54) is 12.3 Å². The van der Waals surface area contributed by atoms with Crippen molar-refractivity contribution in [3.8, 4) is 0 Å². The summed E-state index contributed by atoms with van der Waals surface area (Å²) in [5.74, 6) is -0.0582. The molecule has 1 heterocycles. The summed E-state index contributed by atoms with van der Waals surface area (Å²) in [6, 6.07) is 1.52. The number of nitrogens with one attached hydrogen (secondary N) is 1. The van der Waals surface area contributed by atoms with Crippen molar-refractivity contribution < 1.29 is 9.53 Å². The molecule has 0 amide bonds. The molecule has 5 nitrogen and oxygen atoms in total. The predicted octanol–water partition coefficient (Wildman–Crippen LogP) is 1.64. The van der Waals surface area contributed by atoms with Crippen molar-refractivity contribution in [2.24, 2.45) is 0 Å². The van der Waals surface area contributed by atoms with Gasteiger partial charge in [-0.1, -0.05) is 6.08 Å². The molecule has 86 valence electrons. The lowest BCUT2D eigenvalue weighted by atomic mass is 10.4. The van der Waals surface area contributed by atoms with Crippen LogP contribution in [0.1, 0.15) is 24.3 Å². The van der Waals surface area contributed by atoms with E-state index in [4.69, 9.17) is 4.74 Å². The molecule has 0 aromatic carbocycles. The van der Waals surface area contributed by atoms with E-state index in [-0.39, 0.29) is 11.8 Å². The topological polar surface area (TPSA) is 64.1 Å². The quantitative estimate of drug-likeness (QED) is 0.605. The van der Waals surface area contributed by atoms with Crippen LogP contribution in [0.15, 0.2) is 24.9 Å². The van der Waals surface area contributed by atoms with Crippen LogP contribution in [-0.2, 0) is 4.74 Å². The number of carbonyl (C=O) groups is 1. The van der Waals surface area contributed by atoms with Crippen molar-refractivity contribution in [3.63, 3.8) is 0 Å². The van der Waals surface area contributed by atoms with Crippen molar-refractivity contribution in [2.45, 2.75) is 20.0 Å². The number of esters is 1. The predicted molar refractivity (Wildman–Crippen MR) is 61.3 cm³/mol. The van der Waals surface area contributed by atoms with Crippen LogP contribution in [0.25, 0.3) is 0 Å². The van der Waals surface area contributed by atoms with Gasteiger partial charge in [-0.2, -0.15) is 0 Å². The molecule has 0 saturated carbocycles. The molecule has 1 rings (SSSR count). The molecule has 0 bridgehead atoms. The maximum atomic E-state index is 11.5. The molecule has 0 aliphatic rings. The summed E-state index contributed by atoms with van der Waals surface area (Å²) in [4.78, 5) is 19.5. The van der Waals surface area contributed by atoms with Crippen LogP contribution in [0, 0.1) is 0 Å². The molecule has 0 aliphatic carbocycles. The van der Waals surface area contributed by atoms with Crippen LogP contribution < -0.4 is 5.32 Å². The molecule has 0 saturated heterocycles. The van der Waals surface area contributed by atoms with E-state index in [0.717, 1.165) is 0 Å². The fraction of sp³-hybridized carbons (Fsp3) is 0.364. The summed E-state index contributed by atoms with van der Waals surface area (Å²) in [5.41, 5.74) is 0.246. The third-order valence-corrected chi connectivity index (χ3v) is 1.61. The number of hydrogen-bond donors (Lipinski definition) is 1. The van der Waals surface area contributed by atoms with Gasteiger partial charge in [0, 0.05) is 12.7 Å². The molecule has 1 aromatic heterocycles. The Labute approximate surface area is 94.6 Å². The molecule has 0 fully saturated rings. The minimum atomic E-state index is -0.445. The third-order valence-electron chi connectivity index (χ3n) is 1.61. The first kappa shape index (κ1) is 12.2. The Morgan fingerprint density at radius 1 is 1.69 bits per heavy atom. The molecular formula is C11H15N3O2. The fourth-order valence-corrected chi connectivity index (χ4v) is 0.995. The molecule has 1 aromatic rings. The number of anilines is 1. The lowest BCUT2D eigenvalue weighted by Crippen LogP contribution is -2.14. The summed E-state index contributed by atoms with van der Waals surface area (Å²) < 4.78 is 5.02. The van der Waals surface area contributed by atoms with E-state index < -0.39 is 5.97 Å². The molecular weight excluding hydrogens is 206 g/mol. The van der Waals surface area contributed by atoms with Gasteiger partial charge in [-0.25, -0.2) is 14.8 Å². The van der Waals surface area contributed by atoms with Gasteiger partial charge in [0.1, 0.15) is 0 Å². The number of rotatable bonds is 5. The Kier molecular flexibility index (Phi) is 4.44. The van der Waals surface area contributed by atoms with Crippen molar-refractivity contribution in [1.29, 1.82) is 0 Å². The van der Waals surface area contributed by atoms with Gasteiger partial charge in [-0.05, 0) is 19.9 Å². The number of nitrogens with zero attached hydrogens (tertiary/aromatic N) is 2. The Hall–Kier alpha value is -1.91. The zero-order valence-corrected chi connectivity index (χ0v) is 9.43. The van der Waals surface area contributed by atoms with E-state index >= 15 is 0 Å². The second-order valence-electron chi connectivity index (χ2n) is 3.39. The maximum absolute atomic E-state index is 11.5. The van der Waals surface area contributed by atoms with Crippen molar-refractivity contribution in [1.82, 2.24) is 9.97 Å². The van der Waals surface area contributed by atoms with Gasteiger partial charge in [0.25, 0.3) is 0 Å². The number of hydrogen-bond acceptors (Lipinski definition) is 5. The highest BCUT2D eigenvalue weighted by atomic mass is 16.5. The lowest BCUT2D eigenvalue weighted by Gasteiger charge is -2.07. The smallest absolute Gasteiger partial charge is 0.357 e. The number of carbonyl (C=O) groups excluding carboxylic acids is 1. The Morgan fingerprint density at radius 2 is 2.44 bits per heavy atom. The van der Waals surface area contributed by atoms with E-state index in [1.807, 2.05) is 0 Å². The van der Waals surface area contributed by atoms with E-state index in [0.29, 0.717) is 12.5 Å². The zero-order valence-electron chi connectivity index (χ0n) is 9.43. The van der Waals surface area contributed by atoms with Gasteiger partial charge in [0.2, 0.25) is 5.95 Å². The monoisotopic (exact) mass is 221 g/mol. The average Bonchev–Trinajstić information content (AvgIpc) is 2.26. The van der Waals surface area contributed by atoms with Gasteiger partial charge in [-0.3, -0.25) is 0 Å². The van der Waals surface area contributed by atoms with E-state index in [9.17, 15) is 4.79 Å². The van der Waals surface area contributed by atoms with Gasteiger partial charge < -0.3 is 10.1 Å². The van der Waals surface area contributed by atoms with Gasteiger partial charge in [0.15, 0.2) is 5.69 Å². The van der Waals surface area contributed by atoms with Crippen LogP contribution >= 0.6 is 0 Å². The van der Waals surface area contributed by atoms with Gasteiger partial charge in [-0.15, -0.1) is 6.58 Å². The molecule has 0 radical (unpaired) electrons. The largest absolute Gasteiger partial charge is 0.458 e. The summed E-state index contributed by atoms with van der Waals surface area (Å²) in [7, 11) is 0. The summed E-state index contributed by atoms with van der Waals surface area (Å²) >= 11 is 0. The molecule has 16 heavy (non-hydrogen) atoms. The van der Waals surface area contributed by atoms with Crippen LogP contribution in [0.3, 0.4) is 0 Å². The van der Waals surface area contributed by atoms with Crippen LogP contribution in [0.5, 0.6) is 0 Å². The zero-order chi connectivity index (χ0) is 12.0. The number of ether oxygens (including phenoxy) is 1. The van der Waals surface area contributed by atoms with Gasteiger partial charge in [0.05, 0.1) is 6.10 Å². The highest BCUT2D eigenvalue weighted by Crippen LogP contribution is 2.03. The summed E-state index contributed by atoms with van der Waals surface area (Å²) in [5, 5.41) is 2.89. The first-order valence-electron chi connectivity index (χ1n) is 5.02. The third kappa shape index (κ3) is 3.68. The van der Waals surface area contributed by atoms with E-state index in [2.05, 4.69) is 21.9 Å². The van der Waals surface area contributed by atoms with Crippen LogP contribution in [0.4, 0.5) is 5.95 Å². The molecule has 1 N–H and O–H groups in total. The highest BCUT2D eigenvalue weighted by Gasteiger charge is 2.11. The van der Waals surface area contributed by atoms with Crippen molar-refractivity contribution in [3.05, 3.63) is 30.6 Å². The minimum absolute atomic E-state index is 0.160. The molecule has 5 heteroatoms. The molecule has 0 atom stereocenters. The second kappa shape index (κ2) is 5.85. The minimum Gasteiger partial charge on any atom is -0.458 e. The SMILES string of the molecule is C=CCNc1nccc(C(=O)OC(C)C)n1. The van der Waals surface area contributed by atoms with Crippen LogP contribution in [-0.4, -0.2) is 28.6 Å². The lowest BCUT2D eigenvalue weighted by molar-refractivity contribution is 0.0371. The van der Waals surface area contributed by atoms with E-state index in [1.54, 1.807) is 19.9 Å². The van der Waals surface area contributed by atoms with Gasteiger partial charge >= 0.3 is 5.97 Å². The standard InChI is InChI=1S/C11H15N3O2/c1-4-6-12-11-13-7-5-9(14-11)10(15)16-8(2)3/h4-5,7-8H,1,6H2,2-3H3,(H,12,13,14). The second-order valence-corrected chi connectivity index (χ2v) is 3.39. The first-order chi connectivity index (χ1) is 7.63. The average molecular weight is 221 g/mol. The summed E-state index contributed by atoms with van der Waals surface area (Å²) in [6.07, 6.45) is 3.03.